The van der Waals surface area contributed by atoms with E-state index in [2.05, 4.69) is 15.0 Å². The summed E-state index contributed by atoms with van der Waals surface area (Å²) in [7, 11) is 0. The molecule has 0 N–H and O–H groups in total. The Labute approximate surface area is 80.8 Å². The predicted molar refractivity (Wildman–Crippen MR) is 54.6 cm³/mol. The average molecular weight is 184 g/mol. The van der Waals surface area contributed by atoms with Gasteiger partial charge in [0.2, 0.25) is 0 Å². The first-order valence-corrected chi connectivity index (χ1v) is 4.25. The van der Waals surface area contributed by atoms with Gasteiger partial charge in [0.15, 0.2) is 0 Å². The van der Waals surface area contributed by atoms with Gasteiger partial charge in [0.05, 0.1) is 12.1 Å². The van der Waals surface area contributed by atoms with Crippen molar-refractivity contribution in [2.45, 2.75) is 6.54 Å². The summed E-state index contributed by atoms with van der Waals surface area (Å²) in [4.78, 5) is 6.99. The molecule has 68 valence electrons. The number of aromatic nitrogens is 1. The van der Waals surface area contributed by atoms with Crippen molar-refractivity contribution in [1.29, 1.82) is 0 Å². The third-order valence-corrected chi connectivity index (χ3v) is 2.02. The number of nitrogens with zero attached hydrogens (tertiary/aromatic N) is 4. The predicted octanol–water partition coefficient (Wildman–Crippen LogP) is 3.05. The Hall–Kier alpha value is -2.06. The van der Waals surface area contributed by atoms with Crippen molar-refractivity contribution in [3.8, 4) is 0 Å². The summed E-state index contributed by atoms with van der Waals surface area (Å²) in [6.07, 6.45) is 1.74. The van der Waals surface area contributed by atoms with Gasteiger partial charge in [-0.3, -0.25) is 4.98 Å². The van der Waals surface area contributed by atoms with Crippen LogP contribution in [0, 0.1) is 0 Å². The second-order valence-corrected chi connectivity index (χ2v) is 2.88. The molecule has 4 nitrogen and oxygen atoms in total. The summed E-state index contributed by atoms with van der Waals surface area (Å²) in [6.45, 7) is 0.352. The van der Waals surface area contributed by atoms with Crippen LogP contribution in [-0.2, 0) is 6.54 Å². The smallest absolute Gasteiger partial charge is 0.0735 e. The van der Waals surface area contributed by atoms with Crippen LogP contribution in [0.15, 0.2) is 41.6 Å². The minimum atomic E-state index is 0.352. The number of fused-ring (bicyclic) bond motifs is 1. The van der Waals surface area contributed by atoms with Crippen LogP contribution < -0.4 is 0 Å². The molecule has 1 aromatic heterocycles. The highest BCUT2D eigenvalue weighted by molar-refractivity contribution is 5.81. The van der Waals surface area contributed by atoms with Gasteiger partial charge in [-0.05, 0) is 17.2 Å². The lowest BCUT2D eigenvalue weighted by molar-refractivity contribution is 1.05. The third kappa shape index (κ3) is 1.51. The fourth-order valence-electron chi connectivity index (χ4n) is 1.40. The van der Waals surface area contributed by atoms with Crippen LogP contribution in [0.25, 0.3) is 21.3 Å². The quantitative estimate of drug-likeness (QED) is 0.402. The van der Waals surface area contributed by atoms with Gasteiger partial charge in [-0.15, -0.1) is 0 Å². The fourth-order valence-corrected chi connectivity index (χ4v) is 1.40. The molecule has 0 saturated heterocycles. The molecule has 0 aliphatic rings. The zero-order valence-corrected chi connectivity index (χ0v) is 7.46. The largest absolute Gasteiger partial charge is 0.256 e. The number of hydrogen-bond acceptors (Lipinski definition) is 2. The Morgan fingerprint density at radius 3 is 3.00 bits per heavy atom. The minimum Gasteiger partial charge on any atom is -0.256 e. The highest BCUT2D eigenvalue weighted by atomic mass is 15.1. The number of azide groups is 1. The standard InChI is InChI=1S/C10H8N4/c11-14-13-7-9-4-1-3-8-5-2-6-12-10(8)9/h1-6H,7H2. The molecular formula is C10H8N4. The first kappa shape index (κ1) is 8.53. The van der Waals surface area contributed by atoms with Gasteiger partial charge in [-0.1, -0.05) is 29.4 Å². The number of para-hydroxylation sites is 1. The molecule has 0 amide bonds. The summed E-state index contributed by atoms with van der Waals surface area (Å²) in [5.41, 5.74) is 10.1. The fraction of sp³-hybridized carbons (Fsp3) is 0.100. The molecule has 4 heteroatoms. The van der Waals surface area contributed by atoms with E-state index in [4.69, 9.17) is 5.53 Å². The zero-order valence-electron chi connectivity index (χ0n) is 7.46. The molecule has 1 aromatic carbocycles. The van der Waals surface area contributed by atoms with Crippen molar-refractivity contribution >= 4 is 10.9 Å². The van der Waals surface area contributed by atoms with E-state index in [0.717, 1.165) is 16.5 Å². The van der Waals surface area contributed by atoms with E-state index in [9.17, 15) is 0 Å². The topological polar surface area (TPSA) is 61.7 Å². The lowest BCUT2D eigenvalue weighted by atomic mass is 10.1. The summed E-state index contributed by atoms with van der Waals surface area (Å²) >= 11 is 0. The van der Waals surface area contributed by atoms with Gasteiger partial charge in [0.1, 0.15) is 0 Å². The van der Waals surface area contributed by atoms with Crippen molar-refractivity contribution in [1.82, 2.24) is 4.98 Å². The van der Waals surface area contributed by atoms with Gasteiger partial charge >= 0.3 is 0 Å². The summed E-state index contributed by atoms with van der Waals surface area (Å²) in [6, 6.07) is 9.72. The van der Waals surface area contributed by atoms with Gasteiger partial charge < -0.3 is 0 Å². The summed E-state index contributed by atoms with van der Waals surface area (Å²) < 4.78 is 0. The van der Waals surface area contributed by atoms with E-state index in [0.29, 0.717) is 6.54 Å². The molecule has 0 radical (unpaired) electrons. The average Bonchev–Trinajstić information content (AvgIpc) is 2.26. The first-order valence-electron chi connectivity index (χ1n) is 4.25. The second-order valence-electron chi connectivity index (χ2n) is 2.88. The van der Waals surface area contributed by atoms with Crippen LogP contribution in [0.1, 0.15) is 5.56 Å². The van der Waals surface area contributed by atoms with Crippen LogP contribution in [0.3, 0.4) is 0 Å². The molecular weight excluding hydrogens is 176 g/mol. The van der Waals surface area contributed by atoms with Gasteiger partial charge in [0, 0.05) is 16.5 Å². The monoisotopic (exact) mass is 184 g/mol. The lowest BCUT2D eigenvalue weighted by Crippen LogP contribution is -1.86. The zero-order chi connectivity index (χ0) is 9.80. The van der Waals surface area contributed by atoms with E-state index in [1.165, 1.54) is 0 Å². The molecule has 0 bridgehead atoms. The SMILES string of the molecule is [N-]=[N+]=NCc1cccc2cccnc12. The Bertz CT molecular complexity index is 495. The van der Waals surface area contributed by atoms with Crippen molar-refractivity contribution < 1.29 is 0 Å². The molecule has 14 heavy (non-hydrogen) atoms. The van der Waals surface area contributed by atoms with Gasteiger partial charge in [-0.25, -0.2) is 0 Å². The van der Waals surface area contributed by atoms with E-state index < -0.39 is 0 Å². The minimum absolute atomic E-state index is 0.352. The van der Waals surface area contributed by atoms with Crippen LogP contribution in [0.2, 0.25) is 0 Å². The van der Waals surface area contributed by atoms with Gasteiger partial charge in [0.25, 0.3) is 0 Å². The van der Waals surface area contributed by atoms with E-state index in [-0.39, 0.29) is 0 Å². The maximum atomic E-state index is 8.24. The number of hydrogen-bond donors (Lipinski definition) is 0. The highest BCUT2D eigenvalue weighted by Gasteiger charge is 1.98. The summed E-state index contributed by atoms with van der Waals surface area (Å²) in [5.74, 6) is 0. The Morgan fingerprint density at radius 1 is 1.29 bits per heavy atom. The Kier molecular flexibility index (Phi) is 2.30. The molecule has 0 aliphatic heterocycles. The molecule has 0 atom stereocenters. The van der Waals surface area contributed by atoms with Crippen molar-refractivity contribution in [3.05, 3.63) is 52.5 Å². The first-order chi connectivity index (χ1) is 6.92. The number of rotatable bonds is 2. The van der Waals surface area contributed by atoms with Crippen molar-refractivity contribution in [2.24, 2.45) is 5.11 Å². The Morgan fingerprint density at radius 2 is 2.14 bits per heavy atom. The molecule has 0 fully saturated rings. The van der Waals surface area contributed by atoms with E-state index in [1.54, 1.807) is 6.20 Å². The van der Waals surface area contributed by atoms with Crippen LogP contribution in [0.5, 0.6) is 0 Å². The molecule has 1 heterocycles. The van der Waals surface area contributed by atoms with Crippen LogP contribution >= 0.6 is 0 Å². The maximum Gasteiger partial charge on any atom is 0.0735 e. The van der Waals surface area contributed by atoms with Crippen LogP contribution in [0.4, 0.5) is 0 Å². The van der Waals surface area contributed by atoms with Crippen molar-refractivity contribution in [3.63, 3.8) is 0 Å². The number of benzene rings is 1. The van der Waals surface area contributed by atoms with E-state index >= 15 is 0 Å². The van der Waals surface area contributed by atoms with Gasteiger partial charge in [-0.2, -0.15) is 0 Å². The molecule has 0 spiro atoms. The number of pyridine rings is 1. The molecule has 0 unspecified atom stereocenters. The highest BCUT2D eigenvalue weighted by Crippen LogP contribution is 2.16. The third-order valence-electron chi connectivity index (χ3n) is 2.02. The normalized spacial score (nSPS) is 9.71. The molecule has 2 rings (SSSR count). The maximum absolute atomic E-state index is 8.24. The second kappa shape index (κ2) is 3.77. The Balaban J connectivity index is 2.58. The van der Waals surface area contributed by atoms with E-state index in [1.807, 2.05) is 30.3 Å². The van der Waals surface area contributed by atoms with Crippen LogP contribution in [-0.4, -0.2) is 4.98 Å². The lowest BCUT2D eigenvalue weighted by Gasteiger charge is -2.01. The van der Waals surface area contributed by atoms with Crippen molar-refractivity contribution in [2.75, 3.05) is 0 Å². The summed E-state index contributed by atoms with van der Waals surface area (Å²) in [5, 5.41) is 4.60. The molecule has 0 saturated carbocycles. The molecule has 2 aromatic rings. The molecule has 0 aliphatic carbocycles.